The summed E-state index contributed by atoms with van der Waals surface area (Å²) in [6, 6.07) is 10.3. The number of carbonyl (C=O) groups is 2. The van der Waals surface area contributed by atoms with E-state index >= 15 is 0 Å². The van der Waals surface area contributed by atoms with Crippen molar-refractivity contribution < 1.29 is 27.9 Å². The zero-order valence-corrected chi connectivity index (χ0v) is 25.9. The summed E-state index contributed by atoms with van der Waals surface area (Å²) in [5.41, 5.74) is 0.325. The van der Waals surface area contributed by atoms with Gasteiger partial charge in [0.1, 0.15) is 0 Å². The number of pyridine rings is 1. The number of carboxylic acid groups (broad SMARTS) is 1. The molecule has 0 saturated heterocycles. The first-order chi connectivity index (χ1) is 18.9. The number of unbranched alkanes of at least 4 members (excludes halogenated alkanes) is 1. The van der Waals surface area contributed by atoms with Crippen LogP contribution in [-0.2, 0) is 12.9 Å². The average molecular weight is 632 g/mol. The van der Waals surface area contributed by atoms with Crippen molar-refractivity contribution in [1.29, 1.82) is 0 Å². The number of amides is 1. The van der Waals surface area contributed by atoms with Gasteiger partial charge >= 0.3 is 218 Å². The molecular weight excluding hydrogens is 595 g/mol. The van der Waals surface area contributed by atoms with Crippen LogP contribution in [-0.4, -0.2) is 78.1 Å². The number of benzene rings is 1. The fraction of sp³-hybridized carbons (Fsp3) is 0.429. The standard InChI is InChI=1S/C28H36AsN4O6S/c1-5-6-9-23(24(34)18-29-40(37,38)26-10-7-8-15-31-26)33(27(35)36)25(28(2,3)4)19-39-22-13-11-21(12-14-22)32-17-16-30-20-32/h7-8,10-17,20,23,25H,5-6,9,18-19H2,1-4H3,(H,35,36)/t23-,25?/m0/s1. The summed E-state index contributed by atoms with van der Waals surface area (Å²) >= 11 is -1.47. The molecule has 1 amide bonds. The minimum absolute atomic E-state index is 0.0239. The van der Waals surface area contributed by atoms with Crippen molar-refractivity contribution in [3.05, 3.63) is 67.4 Å². The molecule has 0 saturated carbocycles. The maximum absolute atomic E-state index is 13.5. The number of hydrogen-bond acceptors (Lipinski definition) is 7. The second-order valence-corrected chi connectivity index (χ2v) is 17.3. The number of ketones is 1. The van der Waals surface area contributed by atoms with Gasteiger partial charge in [-0.05, 0) is 0 Å². The monoisotopic (exact) mass is 631 g/mol. The zero-order chi connectivity index (χ0) is 29.3. The molecule has 2 aromatic heterocycles. The third kappa shape index (κ3) is 8.41. The van der Waals surface area contributed by atoms with Crippen molar-refractivity contribution in [2.24, 2.45) is 5.41 Å². The summed E-state index contributed by atoms with van der Waals surface area (Å²) in [6.07, 6.45) is 7.04. The Balaban J connectivity index is 1.81. The predicted octanol–water partition coefficient (Wildman–Crippen LogP) is 4.68. The molecule has 0 aliphatic rings. The van der Waals surface area contributed by atoms with Gasteiger partial charge in [-0.1, -0.05) is 0 Å². The van der Waals surface area contributed by atoms with Gasteiger partial charge in [-0.15, -0.1) is 0 Å². The molecule has 1 unspecified atom stereocenters. The van der Waals surface area contributed by atoms with Crippen LogP contribution in [0.2, 0.25) is 5.21 Å². The molecule has 215 valence electrons. The van der Waals surface area contributed by atoms with Gasteiger partial charge in [0.2, 0.25) is 0 Å². The first kappa shape index (κ1) is 31.4. The number of nitrogens with zero attached hydrogens (tertiary/aromatic N) is 4. The van der Waals surface area contributed by atoms with Crippen molar-refractivity contribution in [3.63, 3.8) is 0 Å². The van der Waals surface area contributed by atoms with Crippen molar-refractivity contribution >= 4 is 34.6 Å². The number of hydrogen-bond donors (Lipinski definition) is 1. The third-order valence-electron chi connectivity index (χ3n) is 6.43. The molecule has 0 aliphatic heterocycles. The fourth-order valence-corrected chi connectivity index (χ4v) is 8.90. The van der Waals surface area contributed by atoms with E-state index in [1.807, 2.05) is 50.6 Å². The Labute approximate surface area is 241 Å². The van der Waals surface area contributed by atoms with Crippen LogP contribution in [0, 0.1) is 5.41 Å². The number of Topliss-reactive ketones (excluding diaryl/α,β-unsaturated/α-hetero) is 1. The Morgan fingerprint density at radius 1 is 1.12 bits per heavy atom. The second kappa shape index (κ2) is 13.9. The fourth-order valence-electron chi connectivity index (χ4n) is 4.21. The summed E-state index contributed by atoms with van der Waals surface area (Å²) in [5.74, 6) is 0.167. The first-order valence-electron chi connectivity index (χ1n) is 13.0. The molecule has 1 aromatic carbocycles. The number of carbonyl (C=O) groups excluding carboxylic acids is 1. The molecule has 12 heteroatoms. The Bertz CT molecular complexity index is 1340. The normalized spacial score (nSPS) is 13.7. The third-order valence-corrected chi connectivity index (χ3v) is 12.5. The molecule has 2 heterocycles. The Morgan fingerprint density at radius 3 is 2.40 bits per heavy atom. The van der Waals surface area contributed by atoms with E-state index in [1.165, 1.54) is 17.2 Å². The molecule has 1 N–H and O–H groups in total. The Kier molecular flexibility index (Phi) is 10.9. The van der Waals surface area contributed by atoms with E-state index in [0.29, 0.717) is 18.6 Å². The SMILES string of the molecule is CCCC[C@@H](C(=O)C[As]S(=O)(=O)c1ccccn1)N(C(=O)O)C(COc1ccc(-n2ccnc2)cc1)C(C)(C)C. The van der Waals surface area contributed by atoms with Gasteiger partial charge in [-0.2, -0.15) is 0 Å². The number of aromatic nitrogens is 3. The van der Waals surface area contributed by atoms with Gasteiger partial charge < -0.3 is 0 Å². The summed E-state index contributed by atoms with van der Waals surface area (Å²) in [5, 5.41) is 10.1. The summed E-state index contributed by atoms with van der Waals surface area (Å²) < 4.78 is 33.5. The maximum atomic E-state index is 13.5. The van der Waals surface area contributed by atoms with Gasteiger partial charge in [0, 0.05) is 12.4 Å². The van der Waals surface area contributed by atoms with Gasteiger partial charge in [0.15, 0.2) is 0 Å². The number of rotatable bonds is 14. The molecular formula is C28H36AsN4O6S. The quantitative estimate of drug-likeness (QED) is 0.254. The van der Waals surface area contributed by atoms with Crippen LogP contribution in [0.4, 0.5) is 4.79 Å². The van der Waals surface area contributed by atoms with E-state index in [2.05, 4.69) is 9.97 Å². The predicted molar refractivity (Wildman–Crippen MR) is 152 cm³/mol. The molecule has 0 aliphatic carbocycles. The van der Waals surface area contributed by atoms with Crippen LogP contribution in [0.1, 0.15) is 47.0 Å². The molecule has 0 bridgehead atoms. The Hall–Kier alpha value is -3.17. The first-order valence-corrected chi connectivity index (χ1v) is 18.1. The second-order valence-electron chi connectivity index (χ2n) is 10.4. The molecule has 40 heavy (non-hydrogen) atoms. The van der Waals surface area contributed by atoms with Crippen molar-refractivity contribution in [2.75, 3.05) is 6.61 Å². The van der Waals surface area contributed by atoms with E-state index < -0.39 is 52.1 Å². The molecule has 3 rings (SSSR count). The van der Waals surface area contributed by atoms with Crippen molar-refractivity contribution in [2.45, 2.75) is 69.3 Å². The Morgan fingerprint density at radius 2 is 1.85 bits per heavy atom. The van der Waals surface area contributed by atoms with Gasteiger partial charge in [-0.25, -0.2) is 4.98 Å². The van der Waals surface area contributed by atoms with Crippen molar-refractivity contribution in [1.82, 2.24) is 19.4 Å². The van der Waals surface area contributed by atoms with Gasteiger partial charge in [0.25, 0.3) is 0 Å². The molecule has 0 fully saturated rings. The molecule has 1 radical (unpaired) electrons. The number of ether oxygens (including phenoxy) is 1. The molecule has 2 atom stereocenters. The van der Waals surface area contributed by atoms with Crippen LogP contribution in [0.25, 0.3) is 5.69 Å². The number of imidazole rings is 1. The van der Waals surface area contributed by atoms with E-state index in [1.54, 1.807) is 36.8 Å². The van der Waals surface area contributed by atoms with Crippen LogP contribution < -0.4 is 4.74 Å². The minimum atomic E-state index is -3.70. The van der Waals surface area contributed by atoms with Crippen LogP contribution in [0.5, 0.6) is 5.75 Å². The molecule has 10 nitrogen and oxygen atoms in total. The molecule has 0 spiro atoms. The zero-order valence-electron chi connectivity index (χ0n) is 23.2. The summed E-state index contributed by atoms with van der Waals surface area (Å²) in [4.78, 5) is 35.4. The van der Waals surface area contributed by atoms with E-state index in [4.69, 9.17) is 4.74 Å². The van der Waals surface area contributed by atoms with Crippen LogP contribution in [0.15, 0.2) is 72.4 Å². The van der Waals surface area contributed by atoms with Crippen LogP contribution >= 0.6 is 0 Å². The van der Waals surface area contributed by atoms with Gasteiger partial charge in [0.05, 0.1) is 6.33 Å². The average Bonchev–Trinajstić information content (AvgIpc) is 3.46. The topological polar surface area (TPSA) is 132 Å². The van der Waals surface area contributed by atoms with E-state index in [-0.39, 0.29) is 16.8 Å². The van der Waals surface area contributed by atoms with E-state index in [9.17, 15) is 23.1 Å². The van der Waals surface area contributed by atoms with Gasteiger partial charge in [-0.3, -0.25) is 0 Å². The summed E-state index contributed by atoms with van der Waals surface area (Å²) in [7, 11) is -3.70. The summed E-state index contributed by atoms with van der Waals surface area (Å²) in [6.45, 7) is 7.69. The molecule has 3 aromatic rings. The van der Waals surface area contributed by atoms with Crippen molar-refractivity contribution in [3.8, 4) is 11.4 Å². The van der Waals surface area contributed by atoms with Crippen LogP contribution in [0.3, 0.4) is 0 Å². The van der Waals surface area contributed by atoms with E-state index in [0.717, 1.165) is 12.1 Å².